The maximum atomic E-state index is 6.39. The lowest BCUT2D eigenvalue weighted by Gasteiger charge is -2.34. The molecule has 0 aliphatic heterocycles. The van der Waals surface area contributed by atoms with E-state index in [1.54, 1.807) is 0 Å². The van der Waals surface area contributed by atoms with E-state index in [1.165, 1.54) is 0 Å². The monoisotopic (exact) mass is 322 g/mol. The molecule has 0 aromatic heterocycles. The Kier molecular flexibility index (Phi) is 4.26. The molecule has 1 aliphatic rings. The first kappa shape index (κ1) is 15.4. The molecule has 0 amide bonds. The van der Waals surface area contributed by atoms with Crippen LogP contribution in [0.5, 0.6) is 0 Å². The fraction of sp³-hybridized carbons (Fsp3) is 0.100. The minimum absolute atomic E-state index is 0.400. The molecule has 23 heavy (non-hydrogen) atoms. The van der Waals surface area contributed by atoms with Crippen LogP contribution in [0.15, 0.2) is 84.2 Å². The first-order valence-electron chi connectivity index (χ1n) is 7.54. The van der Waals surface area contributed by atoms with E-state index >= 15 is 0 Å². The summed E-state index contributed by atoms with van der Waals surface area (Å²) in [4.78, 5) is 0. The molecule has 1 unspecified atom stereocenters. The van der Waals surface area contributed by atoms with E-state index in [1.807, 2.05) is 54.6 Å². The SMILES string of the molecule is NC1=CCC(C=Cc2ccccc2)(c2ccc(Cl)cc2)C(N)=C1. The number of hydrogen-bond acceptors (Lipinski definition) is 2. The van der Waals surface area contributed by atoms with Crippen LogP contribution >= 0.6 is 11.6 Å². The summed E-state index contributed by atoms with van der Waals surface area (Å²) in [5.41, 5.74) is 15.6. The Bertz CT molecular complexity index is 773. The van der Waals surface area contributed by atoms with Crippen LogP contribution in [0.3, 0.4) is 0 Å². The fourth-order valence-corrected chi connectivity index (χ4v) is 2.98. The van der Waals surface area contributed by atoms with Gasteiger partial charge < -0.3 is 11.5 Å². The van der Waals surface area contributed by atoms with Gasteiger partial charge in [-0.2, -0.15) is 0 Å². The molecular weight excluding hydrogens is 304 g/mol. The van der Waals surface area contributed by atoms with Gasteiger partial charge in [0.15, 0.2) is 0 Å². The maximum Gasteiger partial charge on any atom is 0.0566 e. The average Bonchev–Trinajstić information content (AvgIpc) is 2.56. The Morgan fingerprint density at radius 3 is 2.30 bits per heavy atom. The Hall–Kier alpha value is -2.45. The van der Waals surface area contributed by atoms with Crippen molar-refractivity contribution < 1.29 is 0 Å². The first-order chi connectivity index (χ1) is 11.1. The van der Waals surface area contributed by atoms with Gasteiger partial charge in [0.2, 0.25) is 0 Å². The zero-order chi connectivity index (χ0) is 16.3. The molecule has 0 saturated heterocycles. The normalized spacial score (nSPS) is 21.1. The van der Waals surface area contributed by atoms with Crippen LogP contribution < -0.4 is 11.5 Å². The third kappa shape index (κ3) is 3.17. The zero-order valence-electron chi connectivity index (χ0n) is 12.7. The van der Waals surface area contributed by atoms with Gasteiger partial charge in [-0.05, 0) is 35.8 Å². The summed E-state index contributed by atoms with van der Waals surface area (Å²) in [6.45, 7) is 0. The molecule has 0 heterocycles. The lowest BCUT2D eigenvalue weighted by Crippen LogP contribution is -2.33. The van der Waals surface area contributed by atoms with Gasteiger partial charge in [-0.25, -0.2) is 0 Å². The largest absolute Gasteiger partial charge is 0.401 e. The average molecular weight is 323 g/mol. The highest BCUT2D eigenvalue weighted by molar-refractivity contribution is 6.30. The molecule has 4 N–H and O–H groups in total. The van der Waals surface area contributed by atoms with Crippen molar-refractivity contribution >= 4 is 17.7 Å². The number of hydrogen-bond donors (Lipinski definition) is 2. The lowest BCUT2D eigenvalue weighted by atomic mass is 9.72. The van der Waals surface area contributed by atoms with E-state index in [4.69, 9.17) is 23.1 Å². The van der Waals surface area contributed by atoms with Gasteiger partial charge in [-0.1, -0.05) is 72.3 Å². The molecule has 1 aliphatic carbocycles. The molecule has 116 valence electrons. The molecule has 3 rings (SSSR count). The van der Waals surface area contributed by atoms with Gasteiger partial charge in [0.05, 0.1) is 5.41 Å². The predicted molar refractivity (Wildman–Crippen MR) is 97.8 cm³/mol. The molecule has 3 heteroatoms. The first-order valence-corrected chi connectivity index (χ1v) is 7.91. The van der Waals surface area contributed by atoms with E-state index < -0.39 is 5.41 Å². The highest BCUT2D eigenvalue weighted by Crippen LogP contribution is 2.39. The van der Waals surface area contributed by atoms with Gasteiger partial charge in [0.1, 0.15) is 0 Å². The second-order valence-corrected chi connectivity index (χ2v) is 6.17. The van der Waals surface area contributed by atoms with Crippen LogP contribution in [0.2, 0.25) is 5.02 Å². The number of rotatable bonds is 3. The molecular formula is C20H19ClN2. The van der Waals surface area contributed by atoms with Crippen LogP contribution in [0, 0.1) is 0 Å². The Balaban J connectivity index is 2.06. The van der Waals surface area contributed by atoms with E-state index in [2.05, 4.69) is 24.3 Å². The van der Waals surface area contributed by atoms with Gasteiger partial charge in [-0.3, -0.25) is 0 Å². The smallest absolute Gasteiger partial charge is 0.0566 e. The second-order valence-electron chi connectivity index (χ2n) is 5.73. The summed E-state index contributed by atoms with van der Waals surface area (Å²) in [5.74, 6) is 0. The van der Waals surface area contributed by atoms with E-state index in [0.29, 0.717) is 10.7 Å². The van der Waals surface area contributed by atoms with Crippen molar-refractivity contribution in [2.24, 2.45) is 11.5 Å². The third-order valence-electron chi connectivity index (χ3n) is 4.22. The molecule has 0 saturated carbocycles. The Morgan fingerprint density at radius 2 is 1.65 bits per heavy atom. The molecule has 0 fully saturated rings. The van der Waals surface area contributed by atoms with Gasteiger partial charge in [-0.15, -0.1) is 0 Å². The van der Waals surface area contributed by atoms with Crippen molar-refractivity contribution in [3.63, 3.8) is 0 Å². The standard InChI is InChI=1S/C20H19ClN2/c21-17-8-6-16(7-9-17)20(13-11-18(22)14-19(20)23)12-10-15-4-2-1-3-5-15/h1-12,14H,13,22-23H2. The Morgan fingerprint density at radius 1 is 0.957 bits per heavy atom. The van der Waals surface area contributed by atoms with Crippen molar-refractivity contribution in [3.8, 4) is 0 Å². The van der Waals surface area contributed by atoms with Crippen molar-refractivity contribution in [2.75, 3.05) is 0 Å². The number of benzene rings is 2. The van der Waals surface area contributed by atoms with Crippen molar-refractivity contribution in [1.29, 1.82) is 0 Å². The van der Waals surface area contributed by atoms with Crippen molar-refractivity contribution in [2.45, 2.75) is 11.8 Å². The summed E-state index contributed by atoms with van der Waals surface area (Å²) >= 11 is 6.03. The van der Waals surface area contributed by atoms with Crippen LogP contribution in [0.1, 0.15) is 17.5 Å². The zero-order valence-corrected chi connectivity index (χ0v) is 13.5. The van der Waals surface area contributed by atoms with E-state index in [0.717, 1.165) is 23.2 Å². The molecule has 0 radical (unpaired) electrons. The van der Waals surface area contributed by atoms with Gasteiger partial charge >= 0.3 is 0 Å². The fourth-order valence-electron chi connectivity index (χ4n) is 2.86. The van der Waals surface area contributed by atoms with Crippen LogP contribution in [0.4, 0.5) is 0 Å². The van der Waals surface area contributed by atoms with Gasteiger partial charge in [0, 0.05) is 16.4 Å². The third-order valence-corrected chi connectivity index (χ3v) is 4.47. The number of halogens is 1. The quantitative estimate of drug-likeness (QED) is 0.881. The summed E-state index contributed by atoms with van der Waals surface area (Å²) in [7, 11) is 0. The molecule has 2 aromatic rings. The molecule has 0 spiro atoms. The summed E-state index contributed by atoms with van der Waals surface area (Å²) in [5, 5.41) is 0.712. The number of allylic oxidation sites excluding steroid dienone is 3. The predicted octanol–water partition coefficient (Wildman–Crippen LogP) is 4.38. The molecule has 2 aromatic carbocycles. The van der Waals surface area contributed by atoms with Crippen molar-refractivity contribution in [1.82, 2.24) is 0 Å². The van der Waals surface area contributed by atoms with Crippen LogP contribution in [-0.4, -0.2) is 0 Å². The van der Waals surface area contributed by atoms with E-state index in [9.17, 15) is 0 Å². The van der Waals surface area contributed by atoms with E-state index in [-0.39, 0.29) is 0 Å². The Labute approximate surface area is 141 Å². The lowest BCUT2D eigenvalue weighted by molar-refractivity contribution is 0.619. The topological polar surface area (TPSA) is 52.0 Å². The molecule has 0 bridgehead atoms. The van der Waals surface area contributed by atoms with Crippen LogP contribution in [-0.2, 0) is 5.41 Å². The summed E-state index contributed by atoms with van der Waals surface area (Å²) in [6.07, 6.45) is 8.84. The number of nitrogens with two attached hydrogens (primary N) is 2. The highest BCUT2D eigenvalue weighted by atomic mass is 35.5. The second kappa shape index (κ2) is 6.35. The molecule has 2 nitrogen and oxygen atoms in total. The summed E-state index contributed by atoms with van der Waals surface area (Å²) in [6, 6.07) is 18.0. The highest BCUT2D eigenvalue weighted by Gasteiger charge is 2.33. The molecule has 1 atom stereocenters. The van der Waals surface area contributed by atoms with Crippen LogP contribution in [0.25, 0.3) is 6.08 Å². The minimum Gasteiger partial charge on any atom is -0.401 e. The van der Waals surface area contributed by atoms with Crippen molar-refractivity contribution in [3.05, 3.63) is 100 Å². The maximum absolute atomic E-state index is 6.39. The van der Waals surface area contributed by atoms with Gasteiger partial charge in [0.25, 0.3) is 0 Å². The minimum atomic E-state index is -0.400. The summed E-state index contributed by atoms with van der Waals surface area (Å²) < 4.78 is 0.